The van der Waals surface area contributed by atoms with E-state index in [-0.39, 0.29) is 23.4 Å². The number of benzene rings is 2. The van der Waals surface area contributed by atoms with Crippen LogP contribution in [0.4, 0.5) is 10.1 Å². The van der Waals surface area contributed by atoms with Gasteiger partial charge in [0.2, 0.25) is 0 Å². The molecule has 166 valence electrons. The number of aromatic hydroxyl groups is 1. The number of nitrogens with zero attached hydrogens (tertiary/aromatic N) is 2. The van der Waals surface area contributed by atoms with Gasteiger partial charge in [0.15, 0.2) is 0 Å². The first kappa shape index (κ1) is 20.9. The highest BCUT2D eigenvalue weighted by Crippen LogP contribution is 2.41. The summed E-state index contributed by atoms with van der Waals surface area (Å²) in [6, 6.07) is 14.1. The standard InChI is InChI=1S/C26H22FN3O3/c1-15-24(26(33)29-25(20-12-23(20)32)16-5-2-6-17(27)11-16)19-8-3-9-22(31)21(19)14-30(15)18-7-4-10-28-13-18/h2-11,13,20,25,31H,12,14H2,1H3,(H,29,33)/t20?,25-/m1/s1. The predicted octanol–water partition coefficient (Wildman–Crippen LogP) is 4.12. The van der Waals surface area contributed by atoms with Crippen molar-refractivity contribution in [1.82, 2.24) is 10.3 Å². The number of phenolic OH excluding ortho intramolecular Hbond substituents is 1. The Morgan fingerprint density at radius 2 is 2.00 bits per heavy atom. The lowest BCUT2D eigenvalue weighted by molar-refractivity contribution is -0.116. The van der Waals surface area contributed by atoms with E-state index in [0.29, 0.717) is 40.9 Å². The highest BCUT2D eigenvalue weighted by Gasteiger charge is 2.44. The molecule has 2 atom stereocenters. The van der Waals surface area contributed by atoms with Crippen LogP contribution in [-0.2, 0) is 16.1 Å². The third-order valence-electron chi connectivity index (χ3n) is 6.26. The molecule has 1 saturated carbocycles. The van der Waals surface area contributed by atoms with Gasteiger partial charge in [0.1, 0.15) is 17.3 Å². The maximum absolute atomic E-state index is 13.9. The van der Waals surface area contributed by atoms with E-state index in [0.717, 1.165) is 5.69 Å². The molecule has 7 heteroatoms. The number of phenols is 1. The van der Waals surface area contributed by atoms with Crippen molar-refractivity contribution in [2.24, 2.45) is 5.92 Å². The Bertz CT molecular complexity index is 1290. The molecule has 3 aromatic rings. The first-order valence-electron chi connectivity index (χ1n) is 10.7. The minimum absolute atomic E-state index is 0.0361. The predicted molar refractivity (Wildman–Crippen MR) is 122 cm³/mol. The maximum atomic E-state index is 13.9. The van der Waals surface area contributed by atoms with Crippen molar-refractivity contribution >= 4 is 23.0 Å². The molecule has 1 aliphatic heterocycles. The molecule has 33 heavy (non-hydrogen) atoms. The molecule has 0 radical (unpaired) electrons. The van der Waals surface area contributed by atoms with E-state index in [2.05, 4.69) is 10.3 Å². The van der Waals surface area contributed by atoms with Crippen LogP contribution < -0.4 is 10.2 Å². The topological polar surface area (TPSA) is 82.5 Å². The second-order valence-electron chi connectivity index (χ2n) is 8.34. The second kappa shape index (κ2) is 8.16. The first-order chi connectivity index (χ1) is 15.9. The molecule has 1 aromatic heterocycles. The number of allylic oxidation sites excluding steroid dienone is 1. The third-order valence-corrected chi connectivity index (χ3v) is 6.26. The number of carbonyl (C=O) groups excluding carboxylic acids is 2. The summed E-state index contributed by atoms with van der Waals surface area (Å²) < 4.78 is 13.9. The number of hydrogen-bond donors (Lipinski definition) is 2. The number of nitrogens with one attached hydrogen (secondary N) is 1. The van der Waals surface area contributed by atoms with Crippen LogP contribution in [0, 0.1) is 11.7 Å². The number of halogens is 1. The minimum atomic E-state index is -0.629. The number of amides is 1. The Labute approximate surface area is 190 Å². The molecule has 1 fully saturated rings. The normalized spacial score (nSPS) is 18.1. The number of anilines is 1. The van der Waals surface area contributed by atoms with E-state index in [4.69, 9.17) is 0 Å². The van der Waals surface area contributed by atoms with Crippen LogP contribution in [0.5, 0.6) is 5.75 Å². The Morgan fingerprint density at radius 3 is 2.70 bits per heavy atom. The Morgan fingerprint density at radius 1 is 1.21 bits per heavy atom. The fourth-order valence-corrected chi connectivity index (χ4v) is 4.46. The molecule has 6 nitrogen and oxygen atoms in total. The summed E-state index contributed by atoms with van der Waals surface area (Å²) in [6.07, 6.45) is 3.71. The zero-order valence-corrected chi connectivity index (χ0v) is 18.0. The van der Waals surface area contributed by atoms with Crippen LogP contribution in [0.3, 0.4) is 0 Å². The smallest absolute Gasteiger partial charge is 0.254 e. The lowest BCUT2D eigenvalue weighted by atomic mass is 9.91. The van der Waals surface area contributed by atoms with Crippen molar-refractivity contribution in [1.29, 1.82) is 0 Å². The van der Waals surface area contributed by atoms with E-state index in [1.54, 1.807) is 48.8 Å². The van der Waals surface area contributed by atoms with Crippen LogP contribution in [0.15, 0.2) is 72.7 Å². The number of hydrogen-bond acceptors (Lipinski definition) is 5. The summed E-state index contributed by atoms with van der Waals surface area (Å²) in [5.41, 5.74) is 3.68. The van der Waals surface area contributed by atoms with Gasteiger partial charge in [0, 0.05) is 29.8 Å². The van der Waals surface area contributed by atoms with E-state index in [1.807, 2.05) is 17.9 Å². The number of rotatable bonds is 5. The van der Waals surface area contributed by atoms with Crippen molar-refractivity contribution < 1.29 is 19.1 Å². The van der Waals surface area contributed by atoms with Gasteiger partial charge in [-0.3, -0.25) is 14.6 Å². The van der Waals surface area contributed by atoms with Crippen molar-refractivity contribution in [2.75, 3.05) is 4.90 Å². The quantitative estimate of drug-likeness (QED) is 0.620. The van der Waals surface area contributed by atoms with Crippen molar-refractivity contribution in [3.05, 3.63) is 95.2 Å². The molecule has 1 amide bonds. The number of carbonyl (C=O) groups is 2. The zero-order valence-electron chi connectivity index (χ0n) is 18.0. The van der Waals surface area contributed by atoms with Gasteiger partial charge in [-0.15, -0.1) is 0 Å². The summed E-state index contributed by atoms with van der Waals surface area (Å²) in [5, 5.41) is 13.5. The number of ketones is 1. The maximum Gasteiger partial charge on any atom is 0.254 e. The van der Waals surface area contributed by atoms with Crippen LogP contribution in [-0.4, -0.2) is 21.8 Å². The Kier molecular flexibility index (Phi) is 5.17. The summed E-state index contributed by atoms with van der Waals surface area (Å²) in [4.78, 5) is 31.8. The van der Waals surface area contributed by atoms with Crippen LogP contribution in [0.1, 0.15) is 36.1 Å². The summed E-state index contributed by atoms with van der Waals surface area (Å²) in [6.45, 7) is 2.22. The van der Waals surface area contributed by atoms with Gasteiger partial charge in [0.25, 0.3) is 5.91 Å². The van der Waals surface area contributed by atoms with Crippen molar-refractivity contribution in [3.63, 3.8) is 0 Å². The van der Waals surface area contributed by atoms with Gasteiger partial charge >= 0.3 is 0 Å². The molecule has 0 saturated heterocycles. The fourth-order valence-electron chi connectivity index (χ4n) is 4.46. The molecule has 2 aliphatic rings. The minimum Gasteiger partial charge on any atom is -0.508 e. The highest BCUT2D eigenvalue weighted by molar-refractivity contribution is 6.22. The largest absolute Gasteiger partial charge is 0.508 e. The van der Waals surface area contributed by atoms with Gasteiger partial charge < -0.3 is 15.3 Å². The van der Waals surface area contributed by atoms with Crippen molar-refractivity contribution in [3.8, 4) is 5.75 Å². The summed E-state index contributed by atoms with van der Waals surface area (Å²) in [5.74, 6) is -1.06. The van der Waals surface area contributed by atoms with Gasteiger partial charge in [-0.2, -0.15) is 0 Å². The average Bonchev–Trinajstić information content (AvgIpc) is 3.53. The molecule has 1 unspecified atom stereocenters. The molecule has 0 bridgehead atoms. The monoisotopic (exact) mass is 443 g/mol. The van der Waals surface area contributed by atoms with Gasteiger partial charge in [-0.05, 0) is 48.4 Å². The van der Waals surface area contributed by atoms with Gasteiger partial charge in [-0.25, -0.2) is 4.39 Å². The molecule has 0 spiro atoms. The van der Waals surface area contributed by atoms with E-state index >= 15 is 0 Å². The lowest BCUT2D eigenvalue weighted by Crippen LogP contribution is -2.35. The lowest BCUT2D eigenvalue weighted by Gasteiger charge is -2.34. The van der Waals surface area contributed by atoms with E-state index < -0.39 is 11.9 Å². The Balaban J connectivity index is 1.57. The van der Waals surface area contributed by atoms with Crippen molar-refractivity contribution in [2.45, 2.75) is 25.9 Å². The molecule has 5 rings (SSSR count). The van der Waals surface area contributed by atoms with Gasteiger partial charge in [-0.1, -0.05) is 24.3 Å². The van der Waals surface area contributed by atoms with Crippen LogP contribution >= 0.6 is 0 Å². The number of fused-ring (bicyclic) bond motifs is 1. The molecular formula is C26H22FN3O3. The first-order valence-corrected chi connectivity index (χ1v) is 10.7. The second-order valence-corrected chi connectivity index (χ2v) is 8.34. The zero-order chi connectivity index (χ0) is 23.1. The van der Waals surface area contributed by atoms with Crippen LogP contribution in [0.2, 0.25) is 0 Å². The summed E-state index contributed by atoms with van der Waals surface area (Å²) >= 11 is 0. The molecule has 1 aliphatic carbocycles. The van der Waals surface area contributed by atoms with E-state index in [1.165, 1.54) is 12.1 Å². The average molecular weight is 443 g/mol. The summed E-state index contributed by atoms with van der Waals surface area (Å²) in [7, 11) is 0. The molecule has 2 heterocycles. The SMILES string of the molecule is CC1=C(C(=O)N[C@H](c2cccc(F)c2)C2CC2=O)c2cccc(O)c2CN1c1cccnc1. The molecule has 2 aromatic carbocycles. The third kappa shape index (κ3) is 3.86. The van der Waals surface area contributed by atoms with Gasteiger partial charge in [0.05, 0.1) is 30.0 Å². The van der Waals surface area contributed by atoms with E-state index in [9.17, 15) is 19.1 Å². The number of aromatic nitrogens is 1. The number of pyridine rings is 1. The molecular weight excluding hydrogens is 421 g/mol. The highest BCUT2D eigenvalue weighted by atomic mass is 19.1. The Hall–Kier alpha value is -4.00. The molecule has 2 N–H and O–H groups in total. The fraction of sp³-hybridized carbons (Fsp3) is 0.192. The van der Waals surface area contributed by atoms with Crippen LogP contribution in [0.25, 0.3) is 5.57 Å². The number of Topliss-reactive ketones (excluding diaryl/α,β-unsaturated/α-hetero) is 1.